The third kappa shape index (κ3) is 4.15. The molecule has 1 aliphatic carbocycles. The maximum Gasteiger partial charge on any atom is 0.408 e. The van der Waals surface area contributed by atoms with Gasteiger partial charge >= 0.3 is 6.09 Å². The Morgan fingerprint density at radius 1 is 1.22 bits per heavy atom. The predicted octanol–water partition coefficient (Wildman–Crippen LogP) is 2.33. The molecular weight excluding hydrogens is 354 g/mol. The van der Waals surface area contributed by atoms with Gasteiger partial charge in [-0.25, -0.2) is 4.79 Å². The summed E-state index contributed by atoms with van der Waals surface area (Å²) in [5.41, 5.74) is -0.0479. The van der Waals surface area contributed by atoms with Crippen LogP contribution < -0.4 is 19.5 Å². The van der Waals surface area contributed by atoms with Crippen LogP contribution >= 0.6 is 0 Å². The first-order valence-corrected chi connectivity index (χ1v) is 8.69. The molecule has 2 aliphatic rings. The summed E-state index contributed by atoms with van der Waals surface area (Å²) in [6.45, 7) is 5.27. The van der Waals surface area contributed by atoms with Gasteiger partial charge in [0.25, 0.3) is 0 Å². The molecule has 1 saturated carbocycles. The number of alkyl carbamates (subject to hydrolysis) is 1. The van der Waals surface area contributed by atoms with E-state index >= 15 is 0 Å². The monoisotopic (exact) mass is 377 g/mol. The van der Waals surface area contributed by atoms with Gasteiger partial charge in [0.05, 0.1) is 19.6 Å². The summed E-state index contributed by atoms with van der Waals surface area (Å²) >= 11 is 0. The first-order valence-electron chi connectivity index (χ1n) is 8.69. The molecule has 1 amide bonds. The zero-order chi connectivity index (χ0) is 19.8. The Hall–Kier alpha value is -2.77. The molecule has 1 fully saturated rings. The molecule has 0 unspecified atom stereocenters. The van der Waals surface area contributed by atoms with Crippen molar-refractivity contribution in [3.8, 4) is 17.2 Å². The van der Waals surface area contributed by atoms with Crippen molar-refractivity contribution in [3.63, 3.8) is 0 Å². The molecule has 27 heavy (non-hydrogen) atoms. The van der Waals surface area contributed by atoms with Crippen LogP contribution in [0.3, 0.4) is 0 Å². The number of hydrogen-bond donors (Lipinski definition) is 1. The molecule has 3 rings (SSSR count). The summed E-state index contributed by atoms with van der Waals surface area (Å²) in [7, 11) is 1.49. The van der Waals surface area contributed by atoms with Crippen LogP contribution in [0.4, 0.5) is 4.79 Å². The molecule has 0 radical (unpaired) electrons. The van der Waals surface area contributed by atoms with E-state index in [0.29, 0.717) is 22.8 Å². The maximum atomic E-state index is 12.5. The van der Waals surface area contributed by atoms with E-state index in [-0.39, 0.29) is 31.2 Å². The van der Waals surface area contributed by atoms with E-state index in [1.807, 2.05) is 0 Å². The van der Waals surface area contributed by atoms with Gasteiger partial charge in [0.1, 0.15) is 11.4 Å². The number of hydrogen-bond acceptors (Lipinski definition) is 7. The van der Waals surface area contributed by atoms with Gasteiger partial charge < -0.3 is 24.3 Å². The van der Waals surface area contributed by atoms with Gasteiger partial charge in [0.15, 0.2) is 17.3 Å². The summed E-state index contributed by atoms with van der Waals surface area (Å²) in [6.07, 6.45) is -0.791. The highest BCUT2D eigenvalue weighted by Gasteiger charge is 2.39. The molecule has 8 nitrogen and oxygen atoms in total. The van der Waals surface area contributed by atoms with E-state index in [1.165, 1.54) is 7.11 Å². The lowest BCUT2D eigenvalue weighted by Gasteiger charge is -2.31. The van der Waals surface area contributed by atoms with Crippen molar-refractivity contribution in [2.45, 2.75) is 51.2 Å². The Morgan fingerprint density at radius 3 is 2.63 bits per heavy atom. The van der Waals surface area contributed by atoms with Crippen LogP contribution in [0, 0.1) is 0 Å². The zero-order valence-electron chi connectivity index (χ0n) is 15.8. The lowest BCUT2D eigenvalue weighted by atomic mass is 9.78. The van der Waals surface area contributed by atoms with Gasteiger partial charge in [-0.2, -0.15) is 0 Å². The van der Waals surface area contributed by atoms with Gasteiger partial charge in [-0.15, -0.1) is 0 Å². The minimum atomic E-state index is -0.873. The van der Waals surface area contributed by atoms with Gasteiger partial charge in [0.2, 0.25) is 12.5 Å². The fourth-order valence-electron chi connectivity index (χ4n) is 3.25. The Bertz CT molecular complexity index is 781. The van der Waals surface area contributed by atoms with Crippen molar-refractivity contribution < 1.29 is 33.3 Å². The second-order valence-electron chi connectivity index (χ2n) is 7.57. The number of ketones is 2. The molecule has 1 heterocycles. The Balaban J connectivity index is 1.91. The molecule has 1 aliphatic heterocycles. The lowest BCUT2D eigenvalue weighted by Crippen LogP contribution is -2.50. The fraction of sp³-hybridized carbons (Fsp3) is 0.526. The van der Waals surface area contributed by atoms with Crippen molar-refractivity contribution >= 4 is 17.7 Å². The van der Waals surface area contributed by atoms with E-state index in [0.717, 1.165) is 0 Å². The second kappa shape index (κ2) is 7.09. The third-order valence-corrected chi connectivity index (χ3v) is 4.35. The number of nitrogens with one attached hydrogen (secondary N) is 1. The molecule has 1 aromatic rings. The molecule has 0 aromatic heterocycles. The first-order chi connectivity index (χ1) is 12.7. The van der Waals surface area contributed by atoms with Gasteiger partial charge in [-0.05, 0) is 38.5 Å². The number of methoxy groups -OCH3 is 1. The van der Waals surface area contributed by atoms with E-state index < -0.39 is 23.7 Å². The standard InChI is InChI=1S/C19H23NO7/c1-19(2,3)27-18(23)20-16-12(7-11(21)8-13(16)22)10-5-14(24-4)17-15(6-10)25-9-26-17/h5-6,12,16H,7-9H2,1-4H3,(H,20,23)/t12-,16-/m1/s1. The first kappa shape index (κ1) is 19.0. The highest BCUT2D eigenvalue weighted by atomic mass is 16.7. The molecule has 1 N–H and O–H groups in total. The molecule has 2 atom stereocenters. The Labute approximate surface area is 157 Å². The molecule has 0 bridgehead atoms. The number of amides is 1. The van der Waals surface area contributed by atoms with Crippen LogP contribution in [0.15, 0.2) is 12.1 Å². The average molecular weight is 377 g/mol. The molecule has 1 aromatic carbocycles. The average Bonchev–Trinajstić information content (AvgIpc) is 3.03. The van der Waals surface area contributed by atoms with Crippen LogP contribution in [0.25, 0.3) is 0 Å². The summed E-state index contributed by atoms with van der Waals surface area (Å²) < 4.78 is 21.4. The summed E-state index contributed by atoms with van der Waals surface area (Å²) in [5.74, 6) is 0.330. The Morgan fingerprint density at radius 2 is 1.96 bits per heavy atom. The fourth-order valence-corrected chi connectivity index (χ4v) is 3.25. The van der Waals surface area contributed by atoms with E-state index in [1.54, 1.807) is 32.9 Å². The third-order valence-electron chi connectivity index (χ3n) is 4.35. The molecule has 8 heteroatoms. The number of carbonyl (C=O) groups is 3. The normalized spacial score (nSPS) is 21.8. The lowest BCUT2D eigenvalue weighted by molar-refractivity contribution is -0.132. The summed E-state index contributed by atoms with van der Waals surface area (Å²) in [4.78, 5) is 36.8. The van der Waals surface area contributed by atoms with E-state index in [9.17, 15) is 14.4 Å². The van der Waals surface area contributed by atoms with Crippen LogP contribution in [-0.2, 0) is 14.3 Å². The number of benzene rings is 1. The van der Waals surface area contributed by atoms with Crippen molar-refractivity contribution in [2.24, 2.45) is 0 Å². The van der Waals surface area contributed by atoms with Crippen molar-refractivity contribution in [1.29, 1.82) is 0 Å². The van der Waals surface area contributed by atoms with Crippen LogP contribution in [0.1, 0.15) is 45.1 Å². The predicted molar refractivity (Wildman–Crippen MR) is 94.3 cm³/mol. The highest BCUT2D eigenvalue weighted by molar-refractivity contribution is 6.06. The Kier molecular flexibility index (Phi) is 4.99. The largest absolute Gasteiger partial charge is 0.493 e. The van der Waals surface area contributed by atoms with Crippen molar-refractivity contribution in [1.82, 2.24) is 5.32 Å². The van der Waals surface area contributed by atoms with Gasteiger partial charge in [-0.1, -0.05) is 0 Å². The summed E-state index contributed by atoms with van der Waals surface area (Å²) in [6, 6.07) is 2.54. The maximum absolute atomic E-state index is 12.5. The molecule has 0 saturated heterocycles. The number of fused-ring (bicyclic) bond motifs is 1. The van der Waals surface area contributed by atoms with Crippen molar-refractivity contribution in [3.05, 3.63) is 17.7 Å². The molecule has 146 valence electrons. The van der Waals surface area contributed by atoms with Crippen molar-refractivity contribution in [2.75, 3.05) is 13.9 Å². The summed E-state index contributed by atoms with van der Waals surface area (Å²) in [5, 5.41) is 2.62. The van der Waals surface area contributed by atoms with E-state index in [2.05, 4.69) is 5.32 Å². The second-order valence-corrected chi connectivity index (χ2v) is 7.57. The highest BCUT2D eigenvalue weighted by Crippen LogP contribution is 2.45. The quantitative estimate of drug-likeness (QED) is 0.807. The van der Waals surface area contributed by atoms with Gasteiger partial charge in [0, 0.05) is 12.3 Å². The number of carbonyl (C=O) groups excluding carboxylic acids is 3. The van der Waals surface area contributed by atoms with Crippen LogP contribution in [-0.4, -0.2) is 43.2 Å². The smallest absolute Gasteiger partial charge is 0.408 e. The van der Waals surface area contributed by atoms with Crippen LogP contribution in [0.2, 0.25) is 0 Å². The minimum Gasteiger partial charge on any atom is -0.493 e. The van der Waals surface area contributed by atoms with Crippen LogP contribution in [0.5, 0.6) is 17.2 Å². The van der Waals surface area contributed by atoms with Gasteiger partial charge in [-0.3, -0.25) is 9.59 Å². The molecule has 0 spiro atoms. The van der Waals surface area contributed by atoms with E-state index in [4.69, 9.17) is 18.9 Å². The zero-order valence-corrected chi connectivity index (χ0v) is 15.8. The number of Topliss-reactive ketones (excluding diaryl/α,β-unsaturated/α-hetero) is 2. The minimum absolute atomic E-state index is 0.0667. The SMILES string of the molecule is COc1cc([C@H]2CC(=O)CC(=O)[C@@H]2NC(=O)OC(C)(C)C)cc2c1OCO2. The molecular formula is C19H23NO7. The topological polar surface area (TPSA) is 100 Å². The number of rotatable bonds is 3. The number of ether oxygens (including phenoxy) is 4.